The van der Waals surface area contributed by atoms with Gasteiger partial charge in [0.25, 0.3) is 0 Å². The lowest BCUT2D eigenvalue weighted by Crippen LogP contribution is -2.26. The van der Waals surface area contributed by atoms with Gasteiger partial charge in [-0.05, 0) is 49.9 Å². The minimum Gasteiger partial charge on any atom is -0.504 e. The number of benzene rings is 2. The summed E-state index contributed by atoms with van der Waals surface area (Å²) in [5.74, 6) is 0.731. The molecule has 0 bridgehead atoms. The number of aromatic hydroxyl groups is 1. The van der Waals surface area contributed by atoms with Crippen LogP contribution in [0.25, 0.3) is 0 Å². The summed E-state index contributed by atoms with van der Waals surface area (Å²) in [7, 11) is 1.57. The number of nitrogens with one attached hydrogen (secondary N) is 1. The van der Waals surface area contributed by atoms with Gasteiger partial charge in [0.15, 0.2) is 11.5 Å². The van der Waals surface area contributed by atoms with Crippen molar-refractivity contribution in [3.8, 4) is 11.5 Å². The molecule has 0 saturated heterocycles. The first-order valence-corrected chi connectivity index (χ1v) is 7.73. The molecule has 3 heteroatoms. The normalized spacial score (nSPS) is 12.1. The van der Waals surface area contributed by atoms with Crippen molar-refractivity contribution < 1.29 is 9.84 Å². The van der Waals surface area contributed by atoms with Crippen LogP contribution in [-0.2, 0) is 13.0 Å². The Hall–Kier alpha value is -2.00. The van der Waals surface area contributed by atoms with Crippen LogP contribution < -0.4 is 10.1 Å². The van der Waals surface area contributed by atoms with E-state index in [2.05, 4.69) is 43.4 Å². The standard InChI is InChI=1S/C19H25NO2/c1-14-5-4-6-17(11-14)13-20-15(2)7-8-16-9-10-18(21)19(12-16)22-3/h4-6,9-12,15,20-21H,7-8,13H2,1-3H3. The summed E-state index contributed by atoms with van der Waals surface area (Å²) in [6, 6.07) is 14.6. The molecule has 0 amide bonds. The van der Waals surface area contributed by atoms with Crippen molar-refractivity contribution in [1.82, 2.24) is 5.32 Å². The average molecular weight is 299 g/mol. The van der Waals surface area contributed by atoms with Crippen LogP contribution in [0, 0.1) is 6.92 Å². The third kappa shape index (κ3) is 4.78. The molecule has 1 atom stereocenters. The van der Waals surface area contributed by atoms with Crippen molar-refractivity contribution in [1.29, 1.82) is 0 Å². The molecule has 22 heavy (non-hydrogen) atoms. The van der Waals surface area contributed by atoms with Crippen LogP contribution in [-0.4, -0.2) is 18.3 Å². The summed E-state index contributed by atoms with van der Waals surface area (Å²) in [6.07, 6.45) is 2.00. The van der Waals surface area contributed by atoms with Gasteiger partial charge in [0.2, 0.25) is 0 Å². The van der Waals surface area contributed by atoms with Crippen LogP contribution in [0.3, 0.4) is 0 Å². The van der Waals surface area contributed by atoms with E-state index in [1.54, 1.807) is 13.2 Å². The Morgan fingerprint density at radius 1 is 1.14 bits per heavy atom. The first-order chi connectivity index (χ1) is 10.6. The van der Waals surface area contributed by atoms with E-state index in [0.717, 1.165) is 19.4 Å². The lowest BCUT2D eigenvalue weighted by molar-refractivity contribution is 0.372. The monoisotopic (exact) mass is 299 g/mol. The molecule has 0 aliphatic carbocycles. The smallest absolute Gasteiger partial charge is 0.160 e. The summed E-state index contributed by atoms with van der Waals surface area (Å²) in [5.41, 5.74) is 3.79. The lowest BCUT2D eigenvalue weighted by Gasteiger charge is -2.14. The lowest BCUT2D eigenvalue weighted by atomic mass is 10.0. The molecular weight excluding hydrogens is 274 g/mol. The van der Waals surface area contributed by atoms with E-state index in [4.69, 9.17) is 4.74 Å². The highest BCUT2D eigenvalue weighted by Crippen LogP contribution is 2.26. The van der Waals surface area contributed by atoms with Crippen LogP contribution in [0.4, 0.5) is 0 Å². The van der Waals surface area contributed by atoms with Gasteiger partial charge in [-0.15, -0.1) is 0 Å². The predicted molar refractivity (Wildman–Crippen MR) is 90.5 cm³/mol. The van der Waals surface area contributed by atoms with E-state index in [-0.39, 0.29) is 5.75 Å². The molecular formula is C19H25NO2. The van der Waals surface area contributed by atoms with Crippen molar-refractivity contribution in [2.45, 2.75) is 39.3 Å². The molecule has 0 radical (unpaired) electrons. The number of hydrogen-bond acceptors (Lipinski definition) is 3. The van der Waals surface area contributed by atoms with Gasteiger partial charge in [-0.25, -0.2) is 0 Å². The van der Waals surface area contributed by atoms with Crippen molar-refractivity contribution in [3.63, 3.8) is 0 Å². The highest BCUT2D eigenvalue weighted by Gasteiger charge is 2.06. The first kappa shape index (κ1) is 16.4. The Kier molecular flexibility index (Phi) is 5.84. The van der Waals surface area contributed by atoms with Crippen molar-refractivity contribution in [2.24, 2.45) is 0 Å². The minimum atomic E-state index is 0.192. The number of aryl methyl sites for hydroxylation is 2. The van der Waals surface area contributed by atoms with E-state index in [1.807, 2.05) is 12.1 Å². The average Bonchev–Trinajstić information content (AvgIpc) is 2.52. The molecule has 0 heterocycles. The molecule has 3 nitrogen and oxygen atoms in total. The van der Waals surface area contributed by atoms with Crippen LogP contribution >= 0.6 is 0 Å². The third-order valence-corrected chi connectivity index (χ3v) is 3.85. The van der Waals surface area contributed by atoms with Gasteiger partial charge in [0.1, 0.15) is 0 Å². The van der Waals surface area contributed by atoms with Crippen molar-refractivity contribution >= 4 is 0 Å². The third-order valence-electron chi connectivity index (χ3n) is 3.85. The fraction of sp³-hybridized carbons (Fsp3) is 0.368. The zero-order valence-corrected chi connectivity index (χ0v) is 13.6. The van der Waals surface area contributed by atoms with E-state index in [0.29, 0.717) is 11.8 Å². The molecule has 1 unspecified atom stereocenters. The maximum absolute atomic E-state index is 9.61. The summed E-state index contributed by atoms with van der Waals surface area (Å²) < 4.78 is 5.14. The number of rotatable bonds is 7. The van der Waals surface area contributed by atoms with E-state index < -0.39 is 0 Å². The predicted octanol–water partition coefficient (Wildman–Crippen LogP) is 3.82. The zero-order valence-electron chi connectivity index (χ0n) is 13.6. The summed E-state index contributed by atoms with van der Waals surface area (Å²) in [5, 5.41) is 13.2. The Labute approximate surface area is 133 Å². The second-order valence-corrected chi connectivity index (χ2v) is 5.82. The van der Waals surface area contributed by atoms with Gasteiger partial charge < -0.3 is 15.2 Å². The molecule has 118 valence electrons. The van der Waals surface area contributed by atoms with Gasteiger partial charge in [-0.3, -0.25) is 0 Å². The molecule has 2 aromatic rings. The summed E-state index contributed by atoms with van der Waals surface area (Å²) in [4.78, 5) is 0. The highest BCUT2D eigenvalue weighted by molar-refractivity contribution is 5.41. The summed E-state index contributed by atoms with van der Waals surface area (Å²) in [6.45, 7) is 5.21. The molecule has 0 aromatic heterocycles. The highest BCUT2D eigenvalue weighted by atomic mass is 16.5. The van der Waals surface area contributed by atoms with E-state index >= 15 is 0 Å². The topological polar surface area (TPSA) is 41.5 Å². The molecule has 2 aromatic carbocycles. The molecule has 2 N–H and O–H groups in total. The van der Waals surface area contributed by atoms with Crippen LogP contribution in [0.15, 0.2) is 42.5 Å². The fourth-order valence-corrected chi connectivity index (χ4v) is 2.48. The second kappa shape index (κ2) is 7.85. The maximum Gasteiger partial charge on any atom is 0.160 e. The molecule has 0 aliphatic rings. The number of methoxy groups -OCH3 is 1. The van der Waals surface area contributed by atoms with Crippen molar-refractivity contribution in [2.75, 3.05) is 7.11 Å². The van der Waals surface area contributed by atoms with Crippen LogP contribution in [0.1, 0.15) is 30.0 Å². The Bertz CT molecular complexity index is 610. The number of ether oxygens (including phenoxy) is 1. The number of phenolic OH excluding ortho intramolecular Hbond substituents is 1. The molecule has 2 rings (SSSR count). The van der Waals surface area contributed by atoms with Gasteiger partial charge in [-0.2, -0.15) is 0 Å². The number of phenols is 1. The molecule has 0 saturated carbocycles. The SMILES string of the molecule is COc1cc(CCC(C)NCc2cccc(C)c2)ccc1O. The number of hydrogen-bond donors (Lipinski definition) is 2. The largest absolute Gasteiger partial charge is 0.504 e. The Balaban J connectivity index is 1.81. The van der Waals surface area contributed by atoms with Gasteiger partial charge in [0, 0.05) is 12.6 Å². The van der Waals surface area contributed by atoms with Gasteiger partial charge in [-0.1, -0.05) is 35.9 Å². The summed E-state index contributed by atoms with van der Waals surface area (Å²) >= 11 is 0. The first-order valence-electron chi connectivity index (χ1n) is 7.73. The van der Waals surface area contributed by atoms with Crippen LogP contribution in [0.2, 0.25) is 0 Å². The van der Waals surface area contributed by atoms with Crippen molar-refractivity contribution in [3.05, 3.63) is 59.2 Å². The Morgan fingerprint density at radius 2 is 1.95 bits per heavy atom. The molecule has 0 aliphatic heterocycles. The molecule has 0 spiro atoms. The minimum absolute atomic E-state index is 0.192. The van der Waals surface area contributed by atoms with Gasteiger partial charge in [0.05, 0.1) is 7.11 Å². The zero-order chi connectivity index (χ0) is 15.9. The fourth-order valence-electron chi connectivity index (χ4n) is 2.48. The molecule has 0 fully saturated rings. The van der Waals surface area contributed by atoms with Crippen LogP contribution in [0.5, 0.6) is 11.5 Å². The van der Waals surface area contributed by atoms with Gasteiger partial charge >= 0.3 is 0 Å². The van der Waals surface area contributed by atoms with E-state index in [1.165, 1.54) is 16.7 Å². The Morgan fingerprint density at radius 3 is 2.68 bits per heavy atom. The van der Waals surface area contributed by atoms with E-state index in [9.17, 15) is 5.11 Å². The maximum atomic E-state index is 9.61. The quantitative estimate of drug-likeness (QED) is 0.816. The second-order valence-electron chi connectivity index (χ2n) is 5.82.